The Bertz CT molecular complexity index is 876. The first-order valence-corrected chi connectivity index (χ1v) is 22.2. The maximum Gasteiger partial charge on any atom is 0.268 e. The fourth-order valence-electron chi connectivity index (χ4n) is 5.81. The van der Waals surface area contributed by atoms with Crippen molar-refractivity contribution in [1.29, 1.82) is 0 Å². The van der Waals surface area contributed by atoms with Gasteiger partial charge in [0.05, 0.1) is 39.9 Å². The zero-order valence-electron chi connectivity index (χ0n) is 33.4. The van der Waals surface area contributed by atoms with Gasteiger partial charge in [-0.15, -0.1) is 0 Å². The predicted octanol–water partition coefficient (Wildman–Crippen LogP) is 10.3. The minimum atomic E-state index is -4.58. The van der Waals surface area contributed by atoms with Gasteiger partial charge in [-0.05, 0) is 32.1 Å². The van der Waals surface area contributed by atoms with E-state index in [9.17, 15) is 19.4 Å². The minimum absolute atomic E-state index is 0.00464. The molecule has 2 N–H and O–H groups in total. The van der Waals surface area contributed by atoms with E-state index in [0.717, 1.165) is 38.5 Å². The monoisotopic (exact) mass is 729 g/mol. The zero-order chi connectivity index (χ0) is 37.2. The molecular formula is C41H81N2O6P. The van der Waals surface area contributed by atoms with Crippen molar-refractivity contribution in [3.8, 4) is 0 Å². The Kier molecular flexibility index (Phi) is 33.1. The van der Waals surface area contributed by atoms with Crippen LogP contribution in [0.4, 0.5) is 0 Å². The molecule has 1 amide bonds. The molecule has 8 nitrogen and oxygen atoms in total. The molecule has 9 heteroatoms. The third-order valence-corrected chi connectivity index (χ3v) is 10.1. The van der Waals surface area contributed by atoms with E-state index >= 15 is 0 Å². The first kappa shape index (κ1) is 49.0. The van der Waals surface area contributed by atoms with Crippen molar-refractivity contribution in [1.82, 2.24) is 5.32 Å². The normalized spacial score (nSPS) is 14.8. The van der Waals surface area contributed by atoms with Gasteiger partial charge < -0.3 is 28.8 Å². The highest BCUT2D eigenvalue weighted by molar-refractivity contribution is 7.45. The lowest BCUT2D eigenvalue weighted by Crippen LogP contribution is -2.45. The van der Waals surface area contributed by atoms with Crippen LogP contribution in [0.15, 0.2) is 24.3 Å². The van der Waals surface area contributed by atoms with Gasteiger partial charge in [0.25, 0.3) is 7.82 Å². The fourth-order valence-corrected chi connectivity index (χ4v) is 6.54. The largest absolute Gasteiger partial charge is 0.756 e. The number of quaternary nitrogens is 1. The Morgan fingerprint density at radius 1 is 0.680 bits per heavy atom. The van der Waals surface area contributed by atoms with Crippen molar-refractivity contribution >= 4 is 13.7 Å². The van der Waals surface area contributed by atoms with E-state index in [-0.39, 0.29) is 19.1 Å². The lowest BCUT2D eigenvalue weighted by Gasteiger charge is -2.29. The number of hydrogen-bond donors (Lipinski definition) is 2. The summed E-state index contributed by atoms with van der Waals surface area (Å²) in [5.41, 5.74) is 0. The molecule has 0 aliphatic heterocycles. The van der Waals surface area contributed by atoms with Crippen molar-refractivity contribution < 1.29 is 32.9 Å². The van der Waals surface area contributed by atoms with Crippen LogP contribution in [0.1, 0.15) is 181 Å². The molecule has 0 aromatic carbocycles. The number of likely N-dealkylation sites (N-methyl/N-ethyl adjacent to an activating group) is 1. The van der Waals surface area contributed by atoms with Crippen LogP contribution in [-0.2, 0) is 18.4 Å². The molecular weight excluding hydrogens is 647 g/mol. The first-order chi connectivity index (χ1) is 24.0. The summed E-state index contributed by atoms with van der Waals surface area (Å²) in [5, 5.41) is 13.7. The number of hydrogen-bond acceptors (Lipinski definition) is 6. The maximum atomic E-state index is 12.8. The molecule has 0 fully saturated rings. The van der Waals surface area contributed by atoms with Crippen molar-refractivity contribution in [3.05, 3.63) is 24.3 Å². The van der Waals surface area contributed by atoms with Gasteiger partial charge in [0, 0.05) is 6.42 Å². The number of nitrogens with one attached hydrogen (secondary N) is 1. The van der Waals surface area contributed by atoms with E-state index in [1.54, 1.807) is 6.08 Å². The van der Waals surface area contributed by atoms with Gasteiger partial charge in [0.1, 0.15) is 13.2 Å². The Balaban J connectivity index is 4.49. The van der Waals surface area contributed by atoms with Crippen LogP contribution in [0.25, 0.3) is 0 Å². The summed E-state index contributed by atoms with van der Waals surface area (Å²) in [5.74, 6) is -0.210. The van der Waals surface area contributed by atoms with Gasteiger partial charge in [0.2, 0.25) is 5.91 Å². The molecule has 0 spiro atoms. The summed E-state index contributed by atoms with van der Waals surface area (Å²) in [7, 11) is 1.25. The van der Waals surface area contributed by atoms with E-state index in [0.29, 0.717) is 17.4 Å². The van der Waals surface area contributed by atoms with Gasteiger partial charge in [-0.3, -0.25) is 9.36 Å². The molecule has 0 saturated carbocycles. The van der Waals surface area contributed by atoms with E-state index in [1.807, 2.05) is 27.2 Å². The number of carbonyl (C=O) groups excluding carboxylic acids is 1. The van der Waals surface area contributed by atoms with Crippen molar-refractivity contribution in [2.75, 3.05) is 40.9 Å². The van der Waals surface area contributed by atoms with E-state index < -0.39 is 20.0 Å². The number of unbranched alkanes of at least 4 members (excludes halogenated alkanes) is 22. The maximum absolute atomic E-state index is 12.8. The second kappa shape index (κ2) is 33.8. The summed E-state index contributed by atoms with van der Waals surface area (Å²) in [6, 6.07) is -0.896. The molecule has 0 aromatic heterocycles. The van der Waals surface area contributed by atoms with Gasteiger partial charge in [-0.25, -0.2) is 0 Å². The summed E-state index contributed by atoms with van der Waals surface area (Å²) in [6.07, 6.45) is 38.0. The Morgan fingerprint density at radius 2 is 1.12 bits per heavy atom. The average Bonchev–Trinajstić information content (AvgIpc) is 3.06. The van der Waals surface area contributed by atoms with Gasteiger partial charge >= 0.3 is 0 Å². The van der Waals surface area contributed by atoms with Crippen molar-refractivity contribution in [3.63, 3.8) is 0 Å². The number of rotatable bonds is 37. The lowest BCUT2D eigenvalue weighted by atomic mass is 10.0. The summed E-state index contributed by atoms with van der Waals surface area (Å²) in [6.45, 7) is 4.60. The molecule has 0 aliphatic rings. The second-order valence-electron chi connectivity index (χ2n) is 15.3. The first-order valence-electron chi connectivity index (χ1n) is 20.7. The number of carbonyl (C=O) groups is 1. The number of allylic oxidation sites excluding steroid dienone is 3. The standard InChI is InChI=1S/C41H81N2O6P/c1-6-8-10-12-14-16-18-19-20-21-22-23-24-25-26-28-30-32-34-40(44)39(38-49-50(46,47)48-37-36-43(3,4)5)42-41(45)35-33-31-29-27-17-15-13-11-9-7-2/h25-26,32,34,39-40,44H,6-24,27-31,33,35-38H2,1-5H3,(H-,42,45,46,47)/b26-25+,34-32+. The zero-order valence-corrected chi connectivity index (χ0v) is 34.2. The number of aliphatic hydroxyl groups is 1. The lowest BCUT2D eigenvalue weighted by molar-refractivity contribution is -0.870. The van der Waals surface area contributed by atoms with Crippen LogP contribution >= 0.6 is 7.82 Å². The van der Waals surface area contributed by atoms with E-state index in [2.05, 4.69) is 31.3 Å². The number of amides is 1. The van der Waals surface area contributed by atoms with Crippen LogP contribution in [-0.4, -0.2) is 68.5 Å². The summed E-state index contributed by atoms with van der Waals surface area (Å²) in [4.78, 5) is 25.1. The van der Waals surface area contributed by atoms with Crippen molar-refractivity contribution in [2.24, 2.45) is 0 Å². The molecule has 3 atom stereocenters. The summed E-state index contributed by atoms with van der Waals surface area (Å²) >= 11 is 0. The molecule has 0 saturated heterocycles. The third-order valence-electron chi connectivity index (χ3n) is 9.16. The Hall–Kier alpha value is -1.02. The molecule has 0 radical (unpaired) electrons. The predicted molar refractivity (Wildman–Crippen MR) is 210 cm³/mol. The minimum Gasteiger partial charge on any atom is -0.756 e. The molecule has 0 aromatic rings. The van der Waals surface area contributed by atoms with Crippen LogP contribution < -0.4 is 10.2 Å². The Morgan fingerprint density at radius 3 is 1.62 bits per heavy atom. The topological polar surface area (TPSA) is 108 Å². The highest BCUT2D eigenvalue weighted by Gasteiger charge is 2.23. The van der Waals surface area contributed by atoms with E-state index in [4.69, 9.17) is 9.05 Å². The smallest absolute Gasteiger partial charge is 0.268 e. The SMILES string of the molecule is CCCCCCCCCCCCCC/C=C/CC/C=C/C(O)C(COP(=O)([O-])OCC[N+](C)(C)C)NC(=O)CCCCCCCCCCCC. The molecule has 0 aliphatic carbocycles. The molecule has 0 bridgehead atoms. The molecule has 3 unspecified atom stereocenters. The van der Waals surface area contributed by atoms with Crippen LogP contribution in [0.5, 0.6) is 0 Å². The summed E-state index contributed by atoms with van der Waals surface area (Å²) < 4.78 is 23.1. The molecule has 296 valence electrons. The average molecular weight is 729 g/mol. The van der Waals surface area contributed by atoms with Crippen LogP contribution in [0.3, 0.4) is 0 Å². The third kappa shape index (κ3) is 35.4. The Labute approximate surface area is 309 Å². The van der Waals surface area contributed by atoms with Gasteiger partial charge in [-0.2, -0.15) is 0 Å². The fraction of sp³-hybridized carbons (Fsp3) is 0.878. The number of phosphoric ester groups is 1. The molecule has 0 heterocycles. The highest BCUT2D eigenvalue weighted by Crippen LogP contribution is 2.38. The van der Waals surface area contributed by atoms with Crippen molar-refractivity contribution in [2.45, 2.75) is 193 Å². The number of nitrogens with zero attached hydrogens (tertiary/aromatic N) is 1. The number of aliphatic hydroxyl groups excluding tert-OH is 1. The number of phosphoric acid groups is 1. The van der Waals surface area contributed by atoms with Crippen LogP contribution in [0, 0.1) is 0 Å². The van der Waals surface area contributed by atoms with Gasteiger partial charge in [0.15, 0.2) is 0 Å². The quantitative estimate of drug-likeness (QED) is 0.0285. The van der Waals surface area contributed by atoms with Crippen LogP contribution in [0.2, 0.25) is 0 Å². The highest BCUT2D eigenvalue weighted by atomic mass is 31.2. The van der Waals surface area contributed by atoms with E-state index in [1.165, 1.54) is 122 Å². The second-order valence-corrected chi connectivity index (χ2v) is 16.8. The van der Waals surface area contributed by atoms with Gasteiger partial charge in [-0.1, -0.05) is 167 Å². The molecule has 50 heavy (non-hydrogen) atoms. The molecule has 0 rings (SSSR count).